The highest BCUT2D eigenvalue weighted by molar-refractivity contribution is 7.09. The van der Waals surface area contributed by atoms with E-state index in [0.717, 1.165) is 32.3 Å². The van der Waals surface area contributed by atoms with Gasteiger partial charge in [0.2, 0.25) is 5.91 Å². The largest absolute Gasteiger partial charge is 0.334 e. The van der Waals surface area contributed by atoms with E-state index in [9.17, 15) is 19.2 Å². The van der Waals surface area contributed by atoms with Gasteiger partial charge in [0.05, 0.1) is 0 Å². The highest BCUT2D eigenvalue weighted by atomic mass is 32.1. The van der Waals surface area contributed by atoms with Crippen LogP contribution in [0.2, 0.25) is 0 Å². The van der Waals surface area contributed by atoms with Crippen LogP contribution in [0.5, 0.6) is 0 Å². The summed E-state index contributed by atoms with van der Waals surface area (Å²) in [6, 6.07) is 10.6. The molecule has 0 saturated carbocycles. The number of urea groups is 1. The van der Waals surface area contributed by atoms with Crippen LogP contribution in [-0.2, 0) is 27.2 Å². The molecule has 7 nitrogen and oxygen atoms in total. The first-order valence-corrected chi connectivity index (χ1v) is 9.52. The van der Waals surface area contributed by atoms with Crippen LogP contribution in [0.3, 0.4) is 0 Å². The minimum absolute atomic E-state index is 0.126. The van der Waals surface area contributed by atoms with E-state index in [-0.39, 0.29) is 12.5 Å². The summed E-state index contributed by atoms with van der Waals surface area (Å²) in [5.41, 5.74) is 1.85. The van der Waals surface area contributed by atoms with Crippen molar-refractivity contribution in [3.63, 3.8) is 0 Å². The molecule has 1 saturated heterocycles. The van der Waals surface area contributed by atoms with Crippen molar-refractivity contribution in [2.75, 3.05) is 24.5 Å². The van der Waals surface area contributed by atoms with Gasteiger partial charge in [-0.15, -0.1) is 11.3 Å². The van der Waals surface area contributed by atoms with Crippen molar-refractivity contribution in [1.82, 2.24) is 9.80 Å². The molecule has 2 aromatic rings. The summed E-state index contributed by atoms with van der Waals surface area (Å²) in [5.74, 6) is -2.17. The molecule has 3 heterocycles. The van der Waals surface area contributed by atoms with E-state index in [2.05, 4.69) is 0 Å². The number of rotatable bonds is 5. The molecule has 2 aliphatic rings. The third-order valence-electron chi connectivity index (χ3n) is 4.78. The predicted octanol–water partition coefficient (Wildman–Crippen LogP) is 1.67. The average molecular weight is 383 g/mol. The van der Waals surface area contributed by atoms with Crippen molar-refractivity contribution in [3.8, 4) is 0 Å². The van der Waals surface area contributed by atoms with E-state index in [4.69, 9.17) is 0 Å². The SMILES string of the molecule is O=C1C(=O)N(CC(=O)N2CCc3ccccc32)C(=O)N1CCc1cccs1. The quantitative estimate of drug-likeness (QED) is 0.581. The molecule has 5 amide bonds. The predicted molar refractivity (Wildman–Crippen MR) is 99.3 cm³/mol. The molecule has 1 fully saturated rings. The molecule has 0 spiro atoms. The van der Waals surface area contributed by atoms with Crippen molar-refractivity contribution in [2.45, 2.75) is 12.8 Å². The van der Waals surface area contributed by atoms with Crippen molar-refractivity contribution in [1.29, 1.82) is 0 Å². The van der Waals surface area contributed by atoms with Gasteiger partial charge in [-0.3, -0.25) is 19.3 Å². The summed E-state index contributed by atoms with van der Waals surface area (Å²) in [5, 5.41) is 1.91. The van der Waals surface area contributed by atoms with Crippen LogP contribution in [0.1, 0.15) is 10.4 Å². The third-order valence-corrected chi connectivity index (χ3v) is 5.71. The molecule has 0 bridgehead atoms. The van der Waals surface area contributed by atoms with Crippen molar-refractivity contribution in [2.24, 2.45) is 0 Å². The zero-order valence-electron chi connectivity index (χ0n) is 14.5. The molecule has 1 aromatic carbocycles. The Morgan fingerprint density at radius 1 is 1.00 bits per heavy atom. The van der Waals surface area contributed by atoms with Crippen molar-refractivity contribution < 1.29 is 19.2 Å². The molecule has 2 aliphatic heterocycles. The zero-order chi connectivity index (χ0) is 19.0. The Labute approximate surface area is 159 Å². The van der Waals surface area contributed by atoms with Gasteiger partial charge in [-0.1, -0.05) is 24.3 Å². The molecule has 0 radical (unpaired) electrons. The number of fused-ring (bicyclic) bond motifs is 1. The van der Waals surface area contributed by atoms with Gasteiger partial charge in [0.1, 0.15) is 6.54 Å². The summed E-state index contributed by atoms with van der Waals surface area (Å²) in [7, 11) is 0. The Balaban J connectivity index is 1.44. The number of anilines is 1. The smallest absolute Gasteiger partial charge is 0.310 e. The first-order valence-electron chi connectivity index (χ1n) is 8.64. The number of carbonyl (C=O) groups excluding carboxylic acids is 4. The second-order valence-electron chi connectivity index (χ2n) is 6.38. The maximum atomic E-state index is 12.7. The van der Waals surface area contributed by atoms with E-state index in [1.54, 1.807) is 4.90 Å². The summed E-state index contributed by atoms with van der Waals surface area (Å²) in [6.07, 6.45) is 1.22. The second kappa shape index (κ2) is 6.96. The minimum atomic E-state index is -0.938. The first-order chi connectivity index (χ1) is 13.1. The average Bonchev–Trinajstić information content (AvgIpc) is 3.38. The summed E-state index contributed by atoms with van der Waals surface area (Å²) < 4.78 is 0. The molecule has 1 aromatic heterocycles. The topological polar surface area (TPSA) is 78.0 Å². The van der Waals surface area contributed by atoms with Crippen molar-refractivity contribution >= 4 is 40.8 Å². The lowest BCUT2D eigenvalue weighted by molar-refractivity contribution is -0.143. The molecule has 4 rings (SSSR count). The van der Waals surface area contributed by atoms with E-state index < -0.39 is 24.4 Å². The van der Waals surface area contributed by atoms with Gasteiger partial charge < -0.3 is 4.90 Å². The van der Waals surface area contributed by atoms with Gasteiger partial charge in [0.15, 0.2) is 0 Å². The maximum absolute atomic E-state index is 12.7. The Kier molecular flexibility index (Phi) is 4.49. The molecule has 0 atom stereocenters. The number of carbonyl (C=O) groups is 4. The lowest BCUT2D eigenvalue weighted by Gasteiger charge is -2.20. The minimum Gasteiger partial charge on any atom is -0.310 e. The third kappa shape index (κ3) is 3.12. The molecule has 0 aliphatic carbocycles. The van der Waals surface area contributed by atoms with Gasteiger partial charge in [-0.05, 0) is 29.5 Å². The number of imide groups is 2. The Bertz CT molecular complexity index is 925. The summed E-state index contributed by atoms with van der Waals surface area (Å²) in [6.45, 7) is 0.207. The monoisotopic (exact) mass is 383 g/mol. The maximum Gasteiger partial charge on any atom is 0.334 e. The molecule has 27 heavy (non-hydrogen) atoms. The number of nitrogens with zero attached hydrogens (tertiary/aromatic N) is 3. The highest BCUT2D eigenvalue weighted by Gasteiger charge is 2.45. The van der Waals surface area contributed by atoms with E-state index >= 15 is 0 Å². The number of amides is 5. The van der Waals surface area contributed by atoms with Gasteiger partial charge >= 0.3 is 17.8 Å². The number of benzene rings is 1. The van der Waals surface area contributed by atoms with E-state index in [0.29, 0.717) is 13.0 Å². The van der Waals surface area contributed by atoms with Crippen LogP contribution < -0.4 is 4.90 Å². The second-order valence-corrected chi connectivity index (χ2v) is 7.42. The van der Waals surface area contributed by atoms with Gasteiger partial charge in [-0.25, -0.2) is 9.69 Å². The normalized spacial score (nSPS) is 16.4. The molecule has 138 valence electrons. The Hall–Kier alpha value is -3.00. The van der Waals surface area contributed by atoms with Crippen LogP contribution >= 0.6 is 11.3 Å². The standard InChI is InChI=1S/C19H17N3O4S/c23-16(20-9-7-13-4-1-2-6-15(13)20)12-22-18(25)17(24)21(19(22)26)10-8-14-5-3-11-27-14/h1-6,11H,7-10,12H2. The van der Waals surface area contributed by atoms with Crippen molar-refractivity contribution in [3.05, 3.63) is 52.2 Å². The van der Waals surface area contributed by atoms with Gasteiger partial charge in [0, 0.05) is 30.1 Å². The summed E-state index contributed by atoms with van der Waals surface area (Å²) in [4.78, 5) is 53.9. The lowest BCUT2D eigenvalue weighted by Crippen LogP contribution is -2.43. The van der Waals surface area contributed by atoms with Crippen LogP contribution in [0, 0.1) is 0 Å². The zero-order valence-corrected chi connectivity index (χ0v) is 15.3. The lowest BCUT2D eigenvalue weighted by atomic mass is 10.2. The highest BCUT2D eigenvalue weighted by Crippen LogP contribution is 2.28. The Morgan fingerprint density at radius 2 is 1.78 bits per heavy atom. The number of hydrogen-bond acceptors (Lipinski definition) is 5. The molecule has 0 N–H and O–H groups in total. The molecule has 8 heteroatoms. The Morgan fingerprint density at radius 3 is 2.56 bits per heavy atom. The van der Waals surface area contributed by atoms with Crippen LogP contribution in [0.15, 0.2) is 41.8 Å². The van der Waals surface area contributed by atoms with Crippen LogP contribution in [0.4, 0.5) is 10.5 Å². The fourth-order valence-corrected chi connectivity index (χ4v) is 4.08. The van der Waals surface area contributed by atoms with E-state index in [1.807, 2.05) is 41.8 Å². The summed E-state index contributed by atoms with van der Waals surface area (Å²) >= 11 is 1.52. The first kappa shape index (κ1) is 17.4. The number of hydrogen-bond donors (Lipinski definition) is 0. The van der Waals surface area contributed by atoms with Gasteiger partial charge in [0.25, 0.3) is 0 Å². The number of thiophene rings is 1. The van der Waals surface area contributed by atoms with Crippen LogP contribution in [-0.4, -0.2) is 53.2 Å². The van der Waals surface area contributed by atoms with Crippen LogP contribution in [0.25, 0.3) is 0 Å². The van der Waals surface area contributed by atoms with E-state index in [1.165, 1.54) is 11.3 Å². The fraction of sp³-hybridized carbons (Fsp3) is 0.263. The molecule has 0 unspecified atom stereocenters. The van der Waals surface area contributed by atoms with Gasteiger partial charge in [-0.2, -0.15) is 0 Å². The molecular weight excluding hydrogens is 366 g/mol. The fourth-order valence-electron chi connectivity index (χ4n) is 3.38. The molecular formula is C19H17N3O4S. The number of para-hydroxylation sites is 1.